The highest BCUT2D eigenvalue weighted by atomic mass is 35.5. The van der Waals surface area contributed by atoms with E-state index in [9.17, 15) is 9.59 Å². The second-order valence-corrected chi connectivity index (χ2v) is 5.10. The Bertz CT molecular complexity index is 576. The normalized spacial score (nSPS) is 20.9. The van der Waals surface area contributed by atoms with Crippen molar-refractivity contribution >= 4 is 23.4 Å². The molecule has 1 fully saturated rings. The van der Waals surface area contributed by atoms with Gasteiger partial charge >= 0.3 is 0 Å². The van der Waals surface area contributed by atoms with Crippen LogP contribution in [0.3, 0.4) is 0 Å². The molecule has 1 saturated heterocycles. The van der Waals surface area contributed by atoms with E-state index in [1.807, 2.05) is 6.07 Å². The van der Waals surface area contributed by atoms with Crippen molar-refractivity contribution < 1.29 is 19.1 Å². The Kier molecular flexibility index (Phi) is 3.50. The molecule has 1 atom stereocenters. The average Bonchev–Trinajstić information content (AvgIpc) is 2.86. The summed E-state index contributed by atoms with van der Waals surface area (Å²) in [7, 11) is 0. The van der Waals surface area contributed by atoms with Crippen molar-refractivity contribution in [3.05, 3.63) is 22.7 Å². The van der Waals surface area contributed by atoms with Gasteiger partial charge in [0, 0.05) is 13.0 Å². The molecular weight excluding hydrogens is 284 g/mol. The minimum absolute atomic E-state index is 0.166. The van der Waals surface area contributed by atoms with Gasteiger partial charge in [-0.25, -0.2) is 0 Å². The molecule has 1 aromatic rings. The molecule has 1 unspecified atom stereocenters. The predicted molar refractivity (Wildman–Crippen MR) is 70.6 cm³/mol. The number of imide groups is 1. The van der Waals surface area contributed by atoms with Crippen LogP contribution in [0, 0.1) is 0 Å². The Morgan fingerprint density at radius 2 is 2.20 bits per heavy atom. The van der Waals surface area contributed by atoms with Crippen LogP contribution in [0.2, 0.25) is 5.02 Å². The first kappa shape index (κ1) is 13.2. The lowest BCUT2D eigenvalue weighted by atomic mass is 10.1. The molecule has 0 aliphatic carbocycles. The van der Waals surface area contributed by atoms with Crippen LogP contribution < -0.4 is 20.1 Å². The number of hydrogen-bond acceptors (Lipinski definition) is 5. The third-order valence-corrected chi connectivity index (χ3v) is 3.56. The minimum atomic E-state index is -0.364. The summed E-state index contributed by atoms with van der Waals surface area (Å²) >= 11 is 6.09. The van der Waals surface area contributed by atoms with E-state index in [-0.39, 0.29) is 24.6 Å². The van der Waals surface area contributed by atoms with Crippen molar-refractivity contribution in [2.45, 2.75) is 25.4 Å². The van der Waals surface area contributed by atoms with Gasteiger partial charge in [0.05, 0.1) is 11.1 Å². The standard InChI is InChI=1S/C13H13ClN2O4/c14-8-3-7(4-10-12(8)20-6-19-10)5-15-9-1-2-11(17)16-13(9)18/h3-4,9,15H,1-2,5-6H2,(H,16,17,18). The van der Waals surface area contributed by atoms with Crippen molar-refractivity contribution in [2.24, 2.45) is 0 Å². The number of piperidine rings is 1. The third kappa shape index (κ3) is 2.57. The topological polar surface area (TPSA) is 76.7 Å². The fourth-order valence-electron chi connectivity index (χ4n) is 2.25. The Hall–Kier alpha value is -1.79. The van der Waals surface area contributed by atoms with E-state index in [0.717, 1.165) is 5.56 Å². The van der Waals surface area contributed by atoms with Gasteiger partial charge in [-0.05, 0) is 24.1 Å². The van der Waals surface area contributed by atoms with E-state index >= 15 is 0 Å². The molecule has 2 heterocycles. The zero-order valence-corrected chi connectivity index (χ0v) is 11.3. The summed E-state index contributed by atoms with van der Waals surface area (Å²) in [6, 6.07) is 3.23. The summed E-state index contributed by atoms with van der Waals surface area (Å²) in [4.78, 5) is 22.7. The molecule has 2 amide bonds. The largest absolute Gasteiger partial charge is 0.454 e. The SMILES string of the molecule is O=C1CCC(NCc2cc(Cl)c3c(c2)OCO3)C(=O)N1. The predicted octanol–water partition coefficient (Wildman–Crippen LogP) is 0.963. The van der Waals surface area contributed by atoms with Gasteiger partial charge in [0.2, 0.25) is 18.6 Å². The summed E-state index contributed by atoms with van der Waals surface area (Å²) in [6.45, 7) is 0.627. The lowest BCUT2D eigenvalue weighted by Crippen LogP contribution is -2.50. The molecule has 6 nitrogen and oxygen atoms in total. The highest BCUT2D eigenvalue weighted by molar-refractivity contribution is 6.32. The fourth-order valence-corrected chi connectivity index (χ4v) is 2.54. The van der Waals surface area contributed by atoms with Crippen LogP contribution in [0.1, 0.15) is 18.4 Å². The maximum Gasteiger partial charge on any atom is 0.243 e. The fraction of sp³-hybridized carbons (Fsp3) is 0.385. The number of nitrogens with one attached hydrogen (secondary N) is 2. The van der Waals surface area contributed by atoms with Gasteiger partial charge < -0.3 is 14.8 Å². The number of fused-ring (bicyclic) bond motifs is 1. The number of ether oxygens (including phenoxy) is 2. The van der Waals surface area contributed by atoms with E-state index in [4.69, 9.17) is 21.1 Å². The van der Waals surface area contributed by atoms with Crippen LogP contribution >= 0.6 is 11.6 Å². The van der Waals surface area contributed by atoms with Gasteiger partial charge in [-0.15, -0.1) is 0 Å². The molecule has 2 aliphatic heterocycles. The van der Waals surface area contributed by atoms with Crippen LogP contribution in [0.5, 0.6) is 11.5 Å². The Labute approximate surface area is 120 Å². The number of carbonyl (C=O) groups is 2. The number of halogens is 1. The molecule has 0 bridgehead atoms. The van der Waals surface area contributed by atoms with Gasteiger partial charge in [-0.3, -0.25) is 14.9 Å². The van der Waals surface area contributed by atoms with Crippen LogP contribution in [0.15, 0.2) is 12.1 Å². The van der Waals surface area contributed by atoms with Gasteiger partial charge in [0.15, 0.2) is 11.5 Å². The molecule has 7 heteroatoms. The molecular formula is C13H13ClN2O4. The van der Waals surface area contributed by atoms with Crippen molar-refractivity contribution in [3.8, 4) is 11.5 Å². The summed E-state index contributed by atoms with van der Waals surface area (Å²) in [5, 5.41) is 5.90. The Balaban J connectivity index is 1.65. The third-order valence-electron chi connectivity index (χ3n) is 3.28. The van der Waals surface area contributed by atoms with Crippen molar-refractivity contribution in [3.63, 3.8) is 0 Å². The zero-order valence-electron chi connectivity index (χ0n) is 10.6. The van der Waals surface area contributed by atoms with Crippen molar-refractivity contribution in [1.82, 2.24) is 10.6 Å². The summed E-state index contributed by atoms with van der Waals surface area (Å²) < 4.78 is 10.5. The molecule has 0 aromatic heterocycles. The van der Waals surface area contributed by atoms with Crippen molar-refractivity contribution in [2.75, 3.05) is 6.79 Å². The molecule has 0 spiro atoms. The van der Waals surface area contributed by atoms with Crippen LogP contribution in [0.4, 0.5) is 0 Å². The van der Waals surface area contributed by atoms with Crippen molar-refractivity contribution in [1.29, 1.82) is 0 Å². The molecule has 3 rings (SSSR count). The number of benzene rings is 1. The first-order valence-electron chi connectivity index (χ1n) is 6.28. The average molecular weight is 297 g/mol. The van der Waals surface area contributed by atoms with Crippen LogP contribution in [0.25, 0.3) is 0 Å². The first-order chi connectivity index (χ1) is 9.63. The summed E-state index contributed by atoms with van der Waals surface area (Å²) in [6.07, 6.45) is 0.855. The second-order valence-electron chi connectivity index (χ2n) is 4.70. The van der Waals surface area contributed by atoms with Gasteiger partial charge in [-0.2, -0.15) is 0 Å². The van der Waals surface area contributed by atoms with E-state index in [1.165, 1.54) is 0 Å². The van der Waals surface area contributed by atoms with Crippen LogP contribution in [-0.4, -0.2) is 24.6 Å². The monoisotopic (exact) mass is 296 g/mol. The maximum absolute atomic E-state index is 11.6. The highest BCUT2D eigenvalue weighted by Gasteiger charge is 2.26. The number of rotatable bonds is 3. The maximum atomic E-state index is 11.6. The molecule has 0 saturated carbocycles. The lowest BCUT2D eigenvalue weighted by molar-refractivity contribution is -0.134. The molecule has 106 valence electrons. The molecule has 1 aromatic carbocycles. The molecule has 2 aliphatic rings. The zero-order chi connectivity index (χ0) is 14.1. The lowest BCUT2D eigenvalue weighted by Gasteiger charge is -2.22. The molecule has 0 radical (unpaired) electrons. The number of amides is 2. The first-order valence-corrected chi connectivity index (χ1v) is 6.66. The van der Waals surface area contributed by atoms with E-state index in [0.29, 0.717) is 35.9 Å². The number of hydrogen-bond donors (Lipinski definition) is 2. The van der Waals surface area contributed by atoms with E-state index in [1.54, 1.807) is 6.07 Å². The molecule has 20 heavy (non-hydrogen) atoms. The van der Waals surface area contributed by atoms with Gasteiger partial charge in [-0.1, -0.05) is 11.6 Å². The summed E-state index contributed by atoms with van der Waals surface area (Å²) in [5.41, 5.74) is 0.893. The second kappa shape index (κ2) is 5.30. The molecule has 2 N–H and O–H groups in total. The van der Waals surface area contributed by atoms with E-state index in [2.05, 4.69) is 10.6 Å². The Morgan fingerprint density at radius 3 is 3.00 bits per heavy atom. The highest BCUT2D eigenvalue weighted by Crippen LogP contribution is 2.39. The quantitative estimate of drug-likeness (QED) is 0.813. The van der Waals surface area contributed by atoms with Gasteiger partial charge in [0.25, 0.3) is 0 Å². The Morgan fingerprint density at radius 1 is 1.35 bits per heavy atom. The van der Waals surface area contributed by atoms with Gasteiger partial charge in [0.1, 0.15) is 0 Å². The van der Waals surface area contributed by atoms with E-state index < -0.39 is 0 Å². The minimum Gasteiger partial charge on any atom is -0.454 e. The smallest absolute Gasteiger partial charge is 0.243 e. The number of carbonyl (C=O) groups excluding carboxylic acids is 2. The summed E-state index contributed by atoms with van der Waals surface area (Å²) in [5.74, 6) is 0.654. The van der Waals surface area contributed by atoms with Crippen LogP contribution in [-0.2, 0) is 16.1 Å².